The molecule has 0 bridgehead atoms. The predicted molar refractivity (Wildman–Crippen MR) is 67.1 cm³/mol. The molecule has 0 aromatic heterocycles. The Morgan fingerprint density at radius 1 is 1.44 bits per heavy atom. The van der Waals surface area contributed by atoms with Crippen LogP contribution in [0.2, 0.25) is 0 Å². The maximum absolute atomic E-state index is 11.4. The summed E-state index contributed by atoms with van der Waals surface area (Å²) in [7, 11) is 0. The molecule has 0 aliphatic rings. The van der Waals surface area contributed by atoms with Gasteiger partial charge in [-0.1, -0.05) is 18.7 Å². The van der Waals surface area contributed by atoms with Crippen LogP contribution in [0.3, 0.4) is 0 Å². The highest BCUT2D eigenvalue weighted by Gasteiger charge is 2.15. The van der Waals surface area contributed by atoms with Crippen molar-refractivity contribution in [3.63, 3.8) is 0 Å². The summed E-state index contributed by atoms with van der Waals surface area (Å²) in [6.45, 7) is 7.48. The van der Waals surface area contributed by atoms with E-state index in [1.54, 1.807) is 31.2 Å². The second-order valence-electron chi connectivity index (χ2n) is 3.62. The van der Waals surface area contributed by atoms with Crippen molar-refractivity contribution in [3.8, 4) is 5.75 Å². The third-order valence-electron chi connectivity index (χ3n) is 2.01. The van der Waals surface area contributed by atoms with E-state index in [1.165, 1.54) is 0 Å². The van der Waals surface area contributed by atoms with Gasteiger partial charge in [0.25, 0.3) is 0 Å². The third kappa shape index (κ3) is 5.01. The first-order chi connectivity index (χ1) is 8.63. The van der Waals surface area contributed by atoms with Crippen molar-refractivity contribution in [1.29, 1.82) is 0 Å². The first-order valence-electron chi connectivity index (χ1n) is 5.70. The Labute approximate surface area is 107 Å². The standard InChI is InChI=1S/C14H17O4/c1-4-16-13(18-14(15)11(2)3)10-17-12-8-6-5-7-9-12/h6-9,13H,2,4,10H2,1,3H3. The molecule has 1 atom stereocenters. The molecule has 1 aromatic carbocycles. The summed E-state index contributed by atoms with van der Waals surface area (Å²) in [6, 6.07) is 9.90. The molecule has 1 unspecified atom stereocenters. The monoisotopic (exact) mass is 249 g/mol. The van der Waals surface area contributed by atoms with Crippen LogP contribution >= 0.6 is 0 Å². The molecule has 0 aliphatic carbocycles. The molecule has 0 N–H and O–H groups in total. The maximum Gasteiger partial charge on any atom is 0.335 e. The fourth-order valence-electron chi connectivity index (χ4n) is 1.15. The largest absolute Gasteiger partial charge is 0.487 e. The maximum atomic E-state index is 11.4. The molecule has 4 heteroatoms. The van der Waals surface area contributed by atoms with Crippen molar-refractivity contribution in [2.75, 3.05) is 13.2 Å². The van der Waals surface area contributed by atoms with Crippen molar-refractivity contribution in [2.24, 2.45) is 0 Å². The van der Waals surface area contributed by atoms with Crippen molar-refractivity contribution < 1.29 is 19.0 Å². The molecule has 0 saturated heterocycles. The van der Waals surface area contributed by atoms with Gasteiger partial charge in [0.1, 0.15) is 5.75 Å². The summed E-state index contributed by atoms with van der Waals surface area (Å²) >= 11 is 0. The predicted octanol–water partition coefficient (Wildman–Crippen LogP) is 2.35. The van der Waals surface area contributed by atoms with Gasteiger partial charge in [0, 0.05) is 12.2 Å². The number of hydrogen-bond donors (Lipinski definition) is 0. The van der Waals surface area contributed by atoms with E-state index in [0.717, 1.165) is 0 Å². The van der Waals surface area contributed by atoms with Gasteiger partial charge >= 0.3 is 5.97 Å². The van der Waals surface area contributed by atoms with Gasteiger partial charge in [-0.3, -0.25) is 0 Å². The van der Waals surface area contributed by atoms with Crippen LogP contribution in [0.15, 0.2) is 36.4 Å². The summed E-state index contributed by atoms with van der Waals surface area (Å²) in [5.74, 6) is 0.184. The number of carbonyl (C=O) groups excluding carboxylic acids is 1. The first kappa shape index (κ1) is 14.3. The lowest BCUT2D eigenvalue weighted by Gasteiger charge is -2.18. The fourth-order valence-corrected chi connectivity index (χ4v) is 1.15. The quantitative estimate of drug-likeness (QED) is 0.423. The zero-order chi connectivity index (χ0) is 13.4. The summed E-state index contributed by atoms with van der Waals surface area (Å²) in [5.41, 5.74) is 0.328. The van der Waals surface area contributed by atoms with Gasteiger partial charge in [0.15, 0.2) is 6.61 Å². The first-order valence-corrected chi connectivity index (χ1v) is 5.70. The van der Waals surface area contributed by atoms with Crippen LogP contribution in [-0.2, 0) is 14.3 Å². The van der Waals surface area contributed by atoms with Gasteiger partial charge in [-0.05, 0) is 32.0 Å². The lowest BCUT2D eigenvalue weighted by molar-refractivity contribution is -0.179. The van der Waals surface area contributed by atoms with Crippen LogP contribution in [-0.4, -0.2) is 25.5 Å². The number of rotatable bonds is 7. The molecule has 0 amide bonds. The molecule has 1 aromatic rings. The van der Waals surface area contributed by atoms with Crippen LogP contribution in [0.25, 0.3) is 0 Å². The SMILES string of the molecule is C=C(C)C(=O)OC(COc1cc[c]cc1)OCC. The summed E-state index contributed by atoms with van der Waals surface area (Å²) < 4.78 is 15.8. The molecule has 0 heterocycles. The van der Waals surface area contributed by atoms with Crippen LogP contribution in [0.5, 0.6) is 5.75 Å². The minimum atomic E-state index is -0.733. The van der Waals surface area contributed by atoms with Crippen LogP contribution in [0, 0.1) is 6.07 Å². The molecule has 1 radical (unpaired) electrons. The van der Waals surface area contributed by atoms with E-state index in [4.69, 9.17) is 14.2 Å². The second-order valence-corrected chi connectivity index (χ2v) is 3.62. The minimum absolute atomic E-state index is 0.136. The molecular formula is C14H17O4. The Morgan fingerprint density at radius 3 is 2.67 bits per heavy atom. The van der Waals surface area contributed by atoms with Crippen molar-refractivity contribution in [2.45, 2.75) is 20.1 Å². The lowest BCUT2D eigenvalue weighted by Crippen LogP contribution is -2.28. The van der Waals surface area contributed by atoms with Crippen molar-refractivity contribution in [3.05, 3.63) is 42.5 Å². The summed E-state index contributed by atoms with van der Waals surface area (Å²) in [6.07, 6.45) is -0.733. The lowest BCUT2D eigenvalue weighted by atomic mass is 10.3. The zero-order valence-electron chi connectivity index (χ0n) is 10.6. The molecule has 0 fully saturated rings. The zero-order valence-corrected chi connectivity index (χ0v) is 10.6. The fraction of sp³-hybridized carbons (Fsp3) is 0.357. The van der Waals surface area contributed by atoms with E-state index in [2.05, 4.69) is 12.6 Å². The Balaban J connectivity index is 2.47. The third-order valence-corrected chi connectivity index (χ3v) is 2.01. The van der Waals surface area contributed by atoms with Crippen molar-refractivity contribution >= 4 is 5.97 Å². The number of benzene rings is 1. The highest BCUT2D eigenvalue weighted by atomic mass is 16.7. The number of ether oxygens (including phenoxy) is 3. The molecule has 1 rings (SSSR count). The molecule has 97 valence electrons. The normalized spacial score (nSPS) is 11.7. The summed E-state index contributed by atoms with van der Waals surface area (Å²) in [5, 5.41) is 0. The van der Waals surface area contributed by atoms with E-state index >= 15 is 0 Å². The van der Waals surface area contributed by atoms with Gasteiger partial charge in [0.2, 0.25) is 6.29 Å². The number of esters is 1. The molecular weight excluding hydrogens is 232 g/mol. The molecule has 0 spiro atoms. The van der Waals surface area contributed by atoms with E-state index in [1.807, 2.05) is 6.92 Å². The number of hydrogen-bond acceptors (Lipinski definition) is 4. The smallest absolute Gasteiger partial charge is 0.335 e. The summed E-state index contributed by atoms with van der Waals surface area (Å²) in [4.78, 5) is 11.4. The van der Waals surface area contributed by atoms with Crippen LogP contribution in [0.1, 0.15) is 13.8 Å². The Kier molecular flexibility index (Phi) is 5.94. The Bertz CT molecular complexity index is 386. The van der Waals surface area contributed by atoms with Gasteiger partial charge in [-0.25, -0.2) is 4.79 Å². The van der Waals surface area contributed by atoms with Crippen LogP contribution < -0.4 is 4.74 Å². The van der Waals surface area contributed by atoms with Gasteiger partial charge < -0.3 is 14.2 Å². The van der Waals surface area contributed by atoms with E-state index in [-0.39, 0.29) is 6.61 Å². The van der Waals surface area contributed by atoms with Gasteiger partial charge in [0.05, 0.1) is 0 Å². The highest BCUT2D eigenvalue weighted by molar-refractivity contribution is 5.87. The Hall–Kier alpha value is -1.81. The van der Waals surface area contributed by atoms with E-state index in [9.17, 15) is 4.79 Å². The van der Waals surface area contributed by atoms with Crippen LogP contribution in [0.4, 0.5) is 0 Å². The van der Waals surface area contributed by atoms with E-state index in [0.29, 0.717) is 17.9 Å². The molecule has 18 heavy (non-hydrogen) atoms. The molecule has 0 aliphatic heterocycles. The Morgan fingerprint density at radius 2 is 2.11 bits per heavy atom. The minimum Gasteiger partial charge on any atom is -0.487 e. The molecule has 0 saturated carbocycles. The topological polar surface area (TPSA) is 44.8 Å². The average molecular weight is 249 g/mol. The number of carbonyl (C=O) groups is 1. The van der Waals surface area contributed by atoms with Gasteiger partial charge in [-0.2, -0.15) is 0 Å². The van der Waals surface area contributed by atoms with Gasteiger partial charge in [-0.15, -0.1) is 0 Å². The van der Waals surface area contributed by atoms with Crippen molar-refractivity contribution in [1.82, 2.24) is 0 Å². The average Bonchev–Trinajstić information content (AvgIpc) is 2.37. The highest BCUT2D eigenvalue weighted by Crippen LogP contribution is 2.10. The second kappa shape index (κ2) is 7.50. The molecule has 4 nitrogen and oxygen atoms in total. The van der Waals surface area contributed by atoms with E-state index < -0.39 is 12.3 Å².